The molecule has 3 saturated carbocycles. The van der Waals surface area contributed by atoms with Crippen LogP contribution in [0.3, 0.4) is 0 Å². The molecule has 2 aromatic carbocycles. The Morgan fingerprint density at radius 1 is 0.925 bits per heavy atom. The molecule has 5 fully saturated rings. The van der Waals surface area contributed by atoms with E-state index in [2.05, 4.69) is 13.8 Å². The van der Waals surface area contributed by atoms with Gasteiger partial charge in [0.2, 0.25) is 5.79 Å². The number of ketones is 1. The van der Waals surface area contributed by atoms with Crippen LogP contribution < -0.4 is 0 Å². The van der Waals surface area contributed by atoms with Crippen LogP contribution in [0.1, 0.15) is 72.8 Å². The molecule has 40 heavy (non-hydrogen) atoms. The Balaban J connectivity index is 1.35. The lowest BCUT2D eigenvalue weighted by Gasteiger charge is -2.75. The summed E-state index contributed by atoms with van der Waals surface area (Å²) < 4.78 is 6.21. The molecular weight excluding hydrogens is 508 g/mol. The van der Waals surface area contributed by atoms with E-state index in [-0.39, 0.29) is 29.6 Å². The monoisotopic (exact) mass is 542 g/mol. The number of ether oxygens (including phenoxy) is 1. The maximum Gasteiger partial charge on any atom is 0.206 e. The molecule has 3 heterocycles. The normalized spacial score (nSPS) is 42.2. The van der Waals surface area contributed by atoms with Crippen molar-refractivity contribution in [3.8, 4) is 0 Å². The zero-order chi connectivity index (χ0) is 27.8. The summed E-state index contributed by atoms with van der Waals surface area (Å²) in [6.45, 7) is 4.30. The molecular formula is C32H34N2O6. The fourth-order valence-corrected chi connectivity index (χ4v) is 9.93. The maximum atomic E-state index is 13.2. The van der Waals surface area contributed by atoms with Gasteiger partial charge >= 0.3 is 0 Å². The highest BCUT2D eigenvalue weighted by Crippen LogP contribution is 2.76. The van der Waals surface area contributed by atoms with Gasteiger partial charge in [0.15, 0.2) is 5.78 Å². The summed E-state index contributed by atoms with van der Waals surface area (Å²) in [5, 5.41) is 48.1. The minimum atomic E-state index is -2.10. The number of hydrogen-bond acceptors (Lipinski definition) is 8. The molecule has 0 amide bonds. The van der Waals surface area contributed by atoms with Crippen molar-refractivity contribution in [2.75, 3.05) is 6.61 Å². The molecule has 8 nitrogen and oxygen atoms in total. The number of rotatable bonds is 2. The third kappa shape index (κ3) is 2.64. The van der Waals surface area contributed by atoms with Crippen molar-refractivity contribution in [3.05, 3.63) is 71.0 Å². The molecule has 0 radical (unpaired) electrons. The Hall–Kier alpha value is -2.75. The van der Waals surface area contributed by atoms with Gasteiger partial charge in [-0.2, -0.15) is 0 Å². The standard InChI is InChI=1S/C32H34N2O6/c1-29(2)13-12-22(35)30-15-40-32(39,28(38)25(29)30)31-21(30)11-9-18(27(31)37)23-26(31)34-20-14-17(8-10-19(20)33-23)24(36)16-6-4-3-5-7-16/h3-8,10,14,18,21-22,25,27-28,35,37-39H,9,11-13,15H2,1-2H3/t18-,21?,22-,25?,27+,28-,30+,31?,32-/m0/s1. The van der Waals surface area contributed by atoms with Crippen LogP contribution in [-0.4, -0.2) is 66.9 Å². The summed E-state index contributed by atoms with van der Waals surface area (Å²) in [6.07, 6.45) is -0.593. The molecule has 4 N–H and O–H groups in total. The van der Waals surface area contributed by atoms with E-state index in [1.165, 1.54) is 0 Å². The van der Waals surface area contributed by atoms with Crippen molar-refractivity contribution in [2.45, 2.75) is 75.0 Å². The predicted molar refractivity (Wildman–Crippen MR) is 144 cm³/mol. The zero-order valence-electron chi connectivity index (χ0n) is 22.6. The van der Waals surface area contributed by atoms with Crippen LogP contribution in [0.2, 0.25) is 0 Å². The van der Waals surface area contributed by atoms with E-state index < -0.39 is 40.8 Å². The number of hydrogen-bond donors (Lipinski definition) is 4. The van der Waals surface area contributed by atoms with Crippen LogP contribution in [0, 0.1) is 22.7 Å². The van der Waals surface area contributed by atoms with Crippen molar-refractivity contribution >= 4 is 16.8 Å². The molecule has 4 aliphatic carbocycles. The first-order chi connectivity index (χ1) is 19.1. The Kier molecular flexibility index (Phi) is 4.84. The third-order valence-corrected chi connectivity index (χ3v) is 11.5. The summed E-state index contributed by atoms with van der Waals surface area (Å²) in [5.74, 6) is -3.38. The quantitative estimate of drug-likeness (QED) is 0.364. The first kappa shape index (κ1) is 25.0. The number of nitrogens with zero attached hydrogens (tertiary/aromatic N) is 2. The number of benzene rings is 2. The van der Waals surface area contributed by atoms with E-state index in [9.17, 15) is 25.2 Å². The smallest absolute Gasteiger partial charge is 0.206 e. The van der Waals surface area contributed by atoms with Crippen LogP contribution in [0.5, 0.6) is 0 Å². The van der Waals surface area contributed by atoms with Crippen LogP contribution in [-0.2, 0) is 10.2 Å². The van der Waals surface area contributed by atoms with E-state index in [0.717, 1.165) is 6.42 Å². The molecule has 2 saturated heterocycles. The highest BCUT2D eigenvalue weighted by molar-refractivity contribution is 6.10. The summed E-state index contributed by atoms with van der Waals surface area (Å²) in [4.78, 5) is 23.2. The second-order valence-corrected chi connectivity index (χ2v) is 13.5. The molecule has 9 atom stereocenters. The number of fused-ring (bicyclic) bond motifs is 5. The van der Waals surface area contributed by atoms with Gasteiger partial charge in [-0.15, -0.1) is 0 Å². The predicted octanol–water partition coefficient (Wildman–Crippen LogP) is 2.84. The zero-order valence-corrected chi connectivity index (χ0v) is 22.6. The Labute approximate surface area is 232 Å². The summed E-state index contributed by atoms with van der Waals surface area (Å²) >= 11 is 0. The minimum absolute atomic E-state index is 0.117. The number of carbonyl (C=O) groups excluding carboxylic acids is 1. The largest absolute Gasteiger partial charge is 0.392 e. The fourth-order valence-electron chi connectivity index (χ4n) is 9.93. The van der Waals surface area contributed by atoms with Crippen LogP contribution >= 0.6 is 0 Å². The maximum absolute atomic E-state index is 13.2. The van der Waals surface area contributed by atoms with Crippen LogP contribution in [0.15, 0.2) is 48.5 Å². The highest BCUT2D eigenvalue weighted by atomic mass is 16.6. The third-order valence-electron chi connectivity index (χ3n) is 11.5. The van der Waals surface area contributed by atoms with Crippen LogP contribution in [0.25, 0.3) is 11.0 Å². The lowest BCUT2D eigenvalue weighted by Crippen LogP contribution is -2.86. The Bertz CT molecular complexity index is 1580. The first-order valence-corrected chi connectivity index (χ1v) is 14.4. The molecule has 2 aliphatic heterocycles. The van der Waals surface area contributed by atoms with Crippen LogP contribution in [0.4, 0.5) is 0 Å². The molecule has 2 spiro atoms. The van der Waals surface area contributed by atoms with E-state index in [0.29, 0.717) is 52.8 Å². The van der Waals surface area contributed by atoms with Crippen molar-refractivity contribution in [1.82, 2.24) is 9.97 Å². The van der Waals surface area contributed by atoms with E-state index >= 15 is 0 Å². The van der Waals surface area contributed by atoms with Gasteiger partial charge < -0.3 is 25.2 Å². The molecule has 3 aromatic rings. The minimum Gasteiger partial charge on any atom is -0.392 e. The van der Waals surface area contributed by atoms with Gasteiger partial charge in [0.25, 0.3) is 0 Å². The van der Waals surface area contributed by atoms with Gasteiger partial charge in [0.1, 0.15) is 11.5 Å². The highest BCUT2D eigenvalue weighted by Gasteiger charge is 2.85. The summed E-state index contributed by atoms with van der Waals surface area (Å²) in [6, 6.07) is 14.3. The lowest BCUT2D eigenvalue weighted by molar-refractivity contribution is -0.449. The topological polar surface area (TPSA) is 133 Å². The Morgan fingerprint density at radius 3 is 2.48 bits per heavy atom. The van der Waals surface area contributed by atoms with Gasteiger partial charge in [0.05, 0.1) is 41.2 Å². The Morgan fingerprint density at radius 2 is 1.70 bits per heavy atom. The van der Waals surface area contributed by atoms with Gasteiger partial charge in [-0.25, -0.2) is 9.97 Å². The molecule has 6 aliphatic rings. The van der Waals surface area contributed by atoms with Gasteiger partial charge in [-0.05, 0) is 55.2 Å². The van der Waals surface area contributed by atoms with E-state index in [4.69, 9.17) is 14.7 Å². The summed E-state index contributed by atoms with van der Waals surface area (Å²) in [7, 11) is 0. The van der Waals surface area contributed by atoms with Gasteiger partial charge in [0, 0.05) is 28.4 Å². The molecule has 8 heteroatoms. The lowest BCUT2D eigenvalue weighted by atomic mass is 9.35. The van der Waals surface area contributed by atoms with E-state index in [1.807, 2.05) is 18.2 Å². The van der Waals surface area contributed by atoms with Crippen molar-refractivity contribution in [3.63, 3.8) is 0 Å². The number of aliphatic hydroxyl groups excluding tert-OH is 3. The summed E-state index contributed by atoms with van der Waals surface area (Å²) in [5.41, 5.74) is 0.505. The van der Waals surface area contributed by atoms with Crippen molar-refractivity contribution in [2.24, 2.45) is 22.7 Å². The van der Waals surface area contributed by atoms with Crippen molar-refractivity contribution < 1.29 is 30.0 Å². The second kappa shape index (κ2) is 7.75. The molecule has 4 bridgehead atoms. The number of carbonyl (C=O) groups is 1. The van der Waals surface area contributed by atoms with Crippen molar-refractivity contribution in [1.29, 1.82) is 0 Å². The average molecular weight is 543 g/mol. The van der Waals surface area contributed by atoms with E-state index in [1.54, 1.807) is 30.3 Å². The van der Waals surface area contributed by atoms with Gasteiger partial charge in [-0.1, -0.05) is 44.2 Å². The molecule has 9 rings (SSSR count). The number of aromatic nitrogens is 2. The molecule has 1 aromatic heterocycles. The average Bonchev–Trinajstić information content (AvgIpc) is 3.07. The second-order valence-electron chi connectivity index (χ2n) is 13.5. The number of aliphatic hydroxyl groups is 4. The SMILES string of the molecule is CC1(C)CC[C@H](O)[C@]23CO[C@@](O)([C@@H](O)C12)C12c4nc5cc(C(=O)c6ccccc6)ccc5nc4[C@H](CCC13)[C@H]2O. The first-order valence-electron chi connectivity index (χ1n) is 14.4. The van der Waals surface area contributed by atoms with Gasteiger partial charge in [-0.3, -0.25) is 4.79 Å². The fraction of sp³-hybridized carbons (Fsp3) is 0.531. The molecule has 208 valence electrons. The molecule has 3 unspecified atom stereocenters.